The molecule has 2 aromatic rings. The third kappa shape index (κ3) is 3.56. The van der Waals surface area contributed by atoms with Gasteiger partial charge in [0.1, 0.15) is 0 Å². The Hall–Kier alpha value is -2.05. The van der Waals surface area contributed by atoms with Crippen molar-refractivity contribution in [2.45, 2.75) is 39.3 Å². The fourth-order valence-corrected chi connectivity index (χ4v) is 4.96. The number of likely N-dealkylation sites (tertiary alicyclic amines) is 1. The molecule has 4 rings (SSSR count). The number of aryl methyl sites for hydroxylation is 1. The Morgan fingerprint density at radius 2 is 2.07 bits per heavy atom. The van der Waals surface area contributed by atoms with E-state index in [1.807, 2.05) is 20.0 Å². The smallest absolute Gasteiger partial charge is 0.263 e. The first-order valence-electron chi connectivity index (χ1n) is 9.55. The Morgan fingerprint density at radius 3 is 2.85 bits per heavy atom. The standard InChI is InChI=1S/C21H26N2O3S/c1-4-22(3)21(24)20-8-7-19(27-20)16-6-5-9-23(16)12-15-11-18-17(10-14(15)2)25-13-26-18/h7-8,10-11,16H,4-6,9,12-13H2,1-3H3. The summed E-state index contributed by atoms with van der Waals surface area (Å²) in [4.78, 5) is 18.8. The molecule has 0 aliphatic carbocycles. The summed E-state index contributed by atoms with van der Waals surface area (Å²) in [6, 6.07) is 8.69. The third-order valence-electron chi connectivity index (χ3n) is 5.56. The average Bonchev–Trinajstić information content (AvgIpc) is 3.40. The molecule has 0 saturated carbocycles. The first kappa shape index (κ1) is 18.3. The molecule has 2 aliphatic heterocycles. The summed E-state index contributed by atoms with van der Waals surface area (Å²) >= 11 is 1.64. The van der Waals surface area contributed by atoms with E-state index in [1.54, 1.807) is 16.2 Å². The van der Waals surface area contributed by atoms with Gasteiger partial charge in [-0.3, -0.25) is 9.69 Å². The van der Waals surface area contributed by atoms with E-state index in [4.69, 9.17) is 9.47 Å². The number of hydrogen-bond acceptors (Lipinski definition) is 5. The lowest BCUT2D eigenvalue weighted by Gasteiger charge is -2.24. The molecule has 1 fully saturated rings. The van der Waals surface area contributed by atoms with Crippen LogP contribution >= 0.6 is 11.3 Å². The highest BCUT2D eigenvalue weighted by molar-refractivity contribution is 7.14. The largest absolute Gasteiger partial charge is 0.454 e. The van der Waals surface area contributed by atoms with Gasteiger partial charge in [0.25, 0.3) is 5.91 Å². The number of hydrogen-bond donors (Lipinski definition) is 0. The number of fused-ring (bicyclic) bond motifs is 1. The fraction of sp³-hybridized carbons (Fsp3) is 0.476. The zero-order chi connectivity index (χ0) is 19.0. The first-order valence-corrected chi connectivity index (χ1v) is 10.4. The van der Waals surface area contributed by atoms with Crippen molar-refractivity contribution in [1.82, 2.24) is 9.80 Å². The van der Waals surface area contributed by atoms with Crippen molar-refractivity contribution in [3.8, 4) is 11.5 Å². The van der Waals surface area contributed by atoms with Crippen LogP contribution in [0.25, 0.3) is 0 Å². The van der Waals surface area contributed by atoms with Crippen LogP contribution in [0.3, 0.4) is 0 Å². The second-order valence-electron chi connectivity index (χ2n) is 7.28. The highest BCUT2D eigenvalue weighted by Crippen LogP contribution is 2.39. The lowest BCUT2D eigenvalue weighted by molar-refractivity contribution is 0.0807. The fourth-order valence-electron chi connectivity index (χ4n) is 3.79. The number of nitrogens with zero attached hydrogens (tertiary/aromatic N) is 2. The molecule has 1 saturated heterocycles. The Kier molecular flexibility index (Phi) is 5.10. The number of carbonyl (C=O) groups is 1. The van der Waals surface area contributed by atoms with Gasteiger partial charge in [0, 0.05) is 31.1 Å². The summed E-state index contributed by atoms with van der Waals surface area (Å²) in [5, 5.41) is 0. The monoisotopic (exact) mass is 386 g/mol. The van der Waals surface area contributed by atoms with Crippen molar-refractivity contribution in [3.05, 3.63) is 45.1 Å². The van der Waals surface area contributed by atoms with Crippen molar-refractivity contribution in [2.24, 2.45) is 0 Å². The quantitative estimate of drug-likeness (QED) is 0.772. The van der Waals surface area contributed by atoms with Crippen molar-refractivity contribution in [2.75, 3.05) is 26.9 Å². The first-order chi connectivity index (χ1) is 13.1. The van der Waals surface area contributed by atoms with E-state index >= 15 is 0 Å². The molecule has 6 heteroatoms. The molecule has 1 aromatic carbocycles. The predicted molar refractivity (Wildman–Crippen MR) is 107 cm³/mol. The van der Waals surface area contributed by atoms with E-state index in [2.05, 4.69) is 30.0 Å². The topological polar surface area (TPSA) is 42.0 Å². The molecule has 3 heterocycles. The van der Waals surface area contributed by atoms with E-state index in [1.165, 1.54) is 22.4 Å². The van der Waals surface area contributed by atoms with Gasteiger partial charge in [0.15, 0.2) is 11.5 Å². The molecular weight excluding hydrogens is 360 g/mol. The molecule has 5 nitrogen and oxygen atoms in total. The van der Waals surface area contributed by atoms with Crippen LogP contribution < -0.4 is 9.47 Å². The minimum absolute atomic E-state index is 0.116. The molecule has 144 valence electrons. The number of rotatable bonds is 5. The summed E-state index contributed by atoms with van der Waals surface area (Å²) < 4.78 is 11.0. The van der Waals surface area contributed by atoms with Crippen molar-refractivity contribution in [1.29, 1.82) is 0 Å². The molecule has 0 bridgehead atoms. The van der Waals surface area contributed by atoms with E-state index in [9.17, 15) is 4.79 Å². The van der Waals surface area contributed by atoms with E-state index in [0.717, 1.165) is 42.4 Å². The Bertz CT molecular complexity index is 848. The number of thiophene rings is 1. The maximum atomic E-state index is 12.4. The van der Waals surface area contributed by atoms with Crippen molar-refractivity contribution < 1.29 is 14.3 Å². The summed E-state index contributed by atoms with van der Waals surface area (Å²) in [5.41, 5.74) is 2.52. The molecule has 1 aromatic heterocycles. The third-order valence-corrected chi connectivity index (χ3v) is 6.73. The van der Waals surface area contributed by atoms with Crippen LogP contribution in [-0.2, 0) is 6.54 Å². The molecule has 27 heavy (non-hydrogen) atoms. The van der Waals surface area contributed by atoms with Crippen LogP contribution in [0.5, 0.6) is 11.5 Å². The number of benzene rings is 1. The van der Waals surface area contributed by atoms with Crippen molar-refractivity contribution >= 4 is 17.2 Å². The summed E-state index contributed by atoms with van der Waals surface area (Å²) in [6.45, 7) is 7.13. The highest BCUT2D eigenvalue weighted by atomic mass is 32.1. The molecule has 0 radical (unpaired) electrons. The molecular formula is C21H26N2O3S. The second kappa shape index (κ2) is 7.52. The van der Waals surface area contributed by atoms with Gasteiger partial charge >= 0.3 is 0 Å². The lowest BCUT2D eigenvalue weighted by atomic mass is 10.1. The molecule has 1 atom stereocenters. The van der Waals surface area contributed by atoms with Gasteiger partial charge in [0.2, 0.25) is 6.79 Å². The zero-order valence-electron chi connectivity index (χ0n) is 16.2. The van der Waals surface area contributed by atoms with E-state index in [-0.39, 0.29) is 5.91 Å². The SMILES string of the molecule is CCN(C)C(=O)c1ccc(C2CCCN2Cc2cc3c(cc2C)OCO3)s1. The van der Waals surface area contributed by atoms with E-state index in [0.29, 0.717) is 12.8 Å². The average molecular weight is 387 g/mol. The van der Waals surface area contributed by atoms with Crippen LogP contribution in [-0.4, -0.2) is 42.6 Å². The maximum Gasteiger partial charge on any atom is 0.263 e. The number of carbonyl (C=O) groups excluding carboxylic acids is 1. The Labute approximate surface area is 164 Å². The minimum Gasteiger partial charge on any atom is -0.454 e. The van der Waals surface area contributed by atoms with Crippen LogP contribution in [0.1, 0.15) is 51.5 Å². The molecule has 1 unspecified atom stereocenters. The van der Waals surface area contributed by atoms with Gasteiger partial charge in [-0.25, -0.2) is 0 Å². The summed E-state index contributed by atoms with van der Waals surface area (Å²) in [7, 11) is 1.85. The van der Waals surface area contributed by atoms with Crippen molar-refractivity contribution in [3.63, 3.8) is 0 Å². The van der Waals surface area contributed by atoms with Crippen LogP contribution in [0.15, 0.2) is 24.3 Å². The number of ether oxygens (including phenoxy) is 2. The highest BCUT2D eigenvalue weighted by Gasteiger charge is 2.29. The van der Waals surface area contributed by atoms with E-state index < -0.39 is 0 Å². The lowest BCUT2D eigenvalue weighted by Crippen LogP contribution is -2.25. The van der Waals surface area contributed by atoms with Crippen LogP contribution in [0, 0.1) is 6.92 Å². The summed E-state index contributed by atoms with van der Waals surface area (Å²) in [5.74, 6) is 1.80. The predicted octanol–water partition coefficient (Wildman–Crippen LogP) is 4.21. The second-order valence-corrected chi connectivity index (χ2v) is 8.40. The molecule has 0 spiro atoms. The Balaban J connectivity index is 1.52. The van der Waals surface area contributed by atoms with Crippen LogP contribution in [0.2, 0.25) is 0 Å². The minimum atomic E-state index is 0.116. The normalized spacial score (nSPS) is 18.9. The Morgan fingerprint density at radius 1 is 1.30 bits per heavy atom. The van der Waals surface area contributed by atoms with Gasteiger partial charge in [-0.1, -0.05) is 0 Å². The van der Waals surface area contributed by atoms with Gasteiger partial charge in [-0.15, -0.1) is 11.3 Å². The zero-order valence-corrected chi connectivity index (χ0v) is 17.0. The maximum absolute atomic E-state index is 12.4. The van der Waals surface area contributed by atoms with Crippen LogP contribution in [0.4, 0.5) is 0 Å². The van der Waals surface area contributed by atoms with Gasteiger partial charge in [-0.05, 0) is 68.6 Å². The molecule has 2 aliphatic rings. The summed E-state index contributed by atoms with van der Waals surface area (Å²) in [6.07, 6.45) is 2.33. The van der Waals surface area contributed by atoms with Gasteiger partial charge in [0.05, 0.1) is 4.88 Å². The van der Waals surface area contributed by atoms with Gasteiger partial charge < -0.3 is 14.4 Å². The van der Waals surface area contributed by atoms with Gasteiger partial charge in [-0.2, -0.15) is 0 Å². The molecule has 1 amide bonds. The molecule has 0 N–H and O–H groups in total. The number of amides is 1.